The Bertz CT molecular complexity index is 1010. The Labute approximate surface area is 205 Å². The topological polar surface area (TPSA) is 32.3 Å². The lowest BCUT2D eigenvalue weighted by molar-refractivity contribution is 0.0919. The van der Waals surface area contributed by atoms with Crippen LogP contribution in [0.2, 0.25) is 5.02 Å². The highest BCUT2D eigenvalue weighted by Crippen LogP contribution is 2.31. The second kappa shape index (κ2) is 11.1. The summed E-state index contributed by atoms with van der Waals surface area (Å²) < 4.78 is 0. The predicted octanol–water partition coefficient (Wildman–Crippen LogP) is 7.96. The average Bonchev–Trinajstić information content (AvgIpc) is 2.71. The summed E-state index contributed by atoms with van der Waals surface area (Å²) in [5.74, 6) is -0.0844. The maximum absolute atomic E-state index is 13.2. The molecule has 0 unspecified atom stereocenters. The fourth-order valence-electron chi connectivity index (χ4n) is 3.31. The van der Waals surface area contributed by atoms with E-state index in [9.17, 15) is 4.79 Å². The molecule has 0 radical (unpaired) electrons. The van der Waals surface area contributed by atoms with Gasteiger partial charge in [-0.2, -0.15) is 0 Å². The fraction of sp³-hybridized carbons (Fsp3) is 0.414. The van der Waals surface area contributed by atoms with Crippen LogP contribution in [0.5, 0.6) is 0 Å². The molecule has 0 aliphatic heterocycles. The summed E-state index contributed by atoms with van der Waals surface area (Å²) in [6.07, 6.45) is 8.59. The van der Waals surface area contributed by atoms with Gasteiger partial charge in [-0.25, -0.2) is 0 Å². The molecule has 1 amide bonds. The van der Waals surface area contributed by atoms with Gasteiger partial charge in [0.2, 0.25) is 0 Å². The fourth-order valence-corrected chi connectivity index (χ4v) is 3.44. The van der Waals surface area contributed by atoms with E-state index in [4.69, 9.17) is 11.6 Å². The monoisotopic (exact) mass is 466 g/mol. The molecular weight excluding hydrogens is 428 g/mol. The van der Waals surface area contributed by atoms with Crippen LogP contribution in [0.25, 0.3) is 16.8 Å². The zero-order chi connectivity index (χ0) is 24.8. The highest BCUT2D eigenvalue weighted by molar-refractivity contribution is 6.30. The van der Waals surface area contributed by atoms with Gasteiger partial charge in [0.1, 0.15) is 0 Å². The van der Waals surface area contributed by atoms with Crippen molar-refractivity contribution in [3.05, 3.63) is 76.8 Å². The number of carbonyl (C=O) groups is 1. The zero-order valence-electron chi connectivity index (χ0n) is 21.4. The quantitative estimate of drug-likeness (QED) is 0.419. The van der Waals surface area contributed by atoms with E-state index in [-0.39, 0.29) is 17.0 Å². The van der Waals surface area contributed by atoms with Gasteiger partial charge < -0.3 is 10.2 Å². The molecule has 0 heterocycles. The summed E-state index contributed by atoms with van der Waals surface area (Å²) in [5, 5.41) is 3.79. The Balaban J connectivity index is 2.70. The largest absolute Gasteiger partial charge is 0.369 e. The predicted molar refractivity (Wildman–Crippen MR) is 144 cm³/mol. The number of hydrogen-bond donors (Lipinski definition) is 1. The van der Waals surface area contributed by atoms with Crippen molar-refractivity contribution < 1.29 is 4.79 Å². The van der Waals surface area contributed by atoms with Gasteiger partial charge in [-0.15, -0.1) is 0 Å². The first-order chi connectivity index (χ1) is 15.3. The minimum atomic E-state index is -0.322. The molecule has 0 fully saturated rings. The number of halogens is 1. The second-order valence-electron chi connectivity index (χ2n) is 10.5. The van der Waals surface area contributed by atoms with Crippen molar-refractivity contribution >= 4 is 23.2 Å². The molecule has 178 valence electrons. The lowest BCUT2D eigenvalue weighted by Gasteiger charge is -2.36. The van der Waals surface area contributed by atoms with Crippen molar-refractivity contribution in [1.82, 2.24) is 10.2 Å². The number of amides is 1. The molecule has 1 N–H and O–H groups in total. The van der Waals surface area contributed by atoms with Crippen LogP contribution < -0.4 is 5.32 Å². The van der Waals surface area contributed by atoms with Crippen molar-refractivity contribution in [1.29, 1.82) is 0 Å². The summed E-state index contributed by atoms with van der Waals surface area (Å²) in [4.78, 5) is 15.4. The molecule has 0 atom stereocenters. The SMILES string of the molecule is CCC/C=C\C=C(\c1cc(C(=O)NC(C)(C)C)cc(-c2ccc(Cl)cc2)c1)N(C)C(C)(C)C. The van der Waals surface area contributed by atoms with Crippen LogP contribution in [-0.4, -0.2) is 28.9 Å². The lowest BCUT2D eigenvalue weighted by Crippen LogP contribution is -2.40. The maximum Gasteiger partial charge on any atom is 0.251 e. The summed E-state index contributed by atoms with van der Waals surface area (Å²) in [6.45, 7) is 14.7. The lowest BCUT2D eigenvalue weighted by atomic mass is 9.95. The van der Waals surface area contributed by atoms with Crippen LogP contribution in [0.3, 0.4) is 0 Å². The molecule has 0 bridgehead atoms. The Morgan fingerprint density at radius 3 is 2.12 bits per heavy atom. The van der Waals surface area contributed by atoms with Crippen LogP contribution >= 0.6 is 11.6 Å². The molecule has 33 heavy (non-hydrogen) atoms. The van der Waals surface area contributed by atoms with Gasteiger partial charge in [0.15, 0.2) is 0 Å². The van der Waals surface area contributed by atoms with E-state index < -0.39 is 0 Å². The van der Waals surface area contributed by atoms with Gasteiger partial charge in [0, 0.05) is 34.4 Å². The molecule has 3 nitrogen and oxygen atoms in total. The second-order valence-corrected chi connectivity index (χ2v) is 10.9. The van der Waals surface area contributed by atoms with Gasteiger partial charge in [-0.1, -0.05) is 49.2 Å². The standard InChI is InChI=1S/C29H39ClN2O/c1-9-10-11-12-13-26(32(8)29(5,6)7)23-18-22(21-14-16-25(30)17-15-21)19-24(20-23)27(33)31-28(2,3)4/h11-20H,9-10H2,1-8H3,(H,31,33)/b12-11-,26-13-. The van der Waals surface area contributed by atoms with Crippen LogP contribution in [-0.2, 0) is 0 Å². The van der Waals surface area contributed by atoms with Crippen LogP contribution in [0.4, 0.5) is 0 Å². The van der Waals surface area contributed by atoms with Crippen molar-refractivity contribution in [2.75, 3.05) is 7.05 Å². The van der Waals surface area contributed by atoms with Crippen LogP contribution in [0.1, 0.15) is 77.2 Å². The van der Waals surface area contributed by atoms with Crippen LogP contribution in [0, 0.1) is 0 Å². The number of rotatable bonds is 7. The minimum Gasteiger partial charge on any atom is -0.369 e. The molecule has 4 heteroatoms. The molecule has 0 aromatic heterocycles. The van der Waals surface area contributed by atoms with E-state index in [2.05, 4.69) is 69.3 Å². The van der Waals surface area contributed by atoms with E-state index in [1.165, 1.54) is 0 Å². The van der Waals surface area contributed by atoms with E-state index in [0.717, 1.165) is 35.2 Å². The average molecular weight is 467 g/mol. The number of allylic oxidation sites excluding steroid dienone is 3. The van der Waals surface area contributed by atoms with Crippen LogP contribution in [0.15, 0.2) is 60.7 Å². The molecule has 0 saturated carbocycles. The Kier molecular flexibility index (Phi) is 8.97. The highest BCUT2D eigenvalue weighted by atomic mass is 35.5. The third-order valence-corrected chi connectivity index (χ3v) is 5.62. The summed E-state index contributed by atoms with van der Waals surface area (Å²) in [6, 6.07) is 13.8. The number of carbonyl (C=O) groups excluding carboxylic acids is 1. The third-order valence-electron chi connectivity index (χ3n) is 5.37. The van der Waals surface area contributed by atoms with E-state index in [1.807, 2.05) is 57.2 Å². The number of hydrogen-bond acceptors (Lipinski definition) is 2. The van der Waals surface area contributed by atoms with Crippen molar-refractivity contribution in [2.45, 2.75) is 72.4 Å². The Morgan fingerprint density at radius 2 is 1.58 bits per heavy atom. The van der Waals surface area contributed by atoms with Gasteiger partial charge in [0.05, 0.1) is 0 Å². The minimum absolute atomic E-state index is 0.0844. The molecule has 0 aliphatic carbocycles. The molecule has 0 aliphatic rings. The highest BCUT2D eigenvalue weighted by Gasteiger charge is 2.23. The molecular formula is C29H39ClN2O. The first kappa shape index (κ1) is 26.7. The Morgan fingerprint density at radius 1 is 0.970 bits per heavy atom. The molecule has 2 rings (SSSR count). The van der Waals surface area contributed by atoms with Crippen molar-refractivity contribution in [2.24, 2.45) is 0 Å². The maximum atomic E-state index is 13.2. The molecule has 2 aromatic rings. The van der Waals surface area contributed by atoms with Crippen molar-refractivity contribution in [3.8, 4) is 11.1 Å². The third kappa shape index (κ3) is 8.08. The van der Waals surface area contributed by atoms with E-state index >= 15 is 0 Å². The van der Waals surface area contributed by atoms with Gasteiger partial charge in [-0.3, -0.25) is 4.79 Å². The number of nitrogens with one attached hydrogen (secondary N) is 1. The van der Waals surface area contributed by atoms with Gasteiger partial charge >= 0.3 is 0 Å². The molecule has 2 aromatic carbocycles. The normalized spacial score (nSPS) is 12.8. The number of unbranched alkanes of at least 4 members (excludes halogenated alkanes) is 1. The van der Waals surface area contributed by atoms with E-state index in [1.54, 1.807) is 0 Å². The Hall–Kier alpha value is -2.52. The number of benzene rings is 2. The molecule has 0 saturated heterocycles. The van der Waals surface area contributed by atoms with E-state index in [0.29, 0.717) is 10.6 Å². The van der Waals surface area contributed by atoms with Crippen molar-refractivity contribution in [3.63, 3.8) is 0 Å². The van der Waals surface area contributed by atoms with Gasteiger partial charge in [0.25, 0.3) is 5.91 Å². The van der Waals surface area contributed by atoms with Gasteiger partial charge in [-0.05, 0) is 101 Å². The zero-order valence-corrected chi connectivity index (χ0v) is 22.2. The first-order valence-corrected chi connectivity index (χ1v) is 12.0. The first-order valence-electron chi connectivity index (χ1n) is 11.7. The smallest absolute Gasteiger partial charge is 0.251 e. The molecule has 0 spiro atoms. The summed E-state index contributed by atoms with van der Waals surface area (Å²) in [7, 11) is 2.10. The summed E-state index contributed by atoms with van der Waals surface area (Å²) in [5.41, 5.74) is 4.29. The summed E-state index contributed by atoms with van der Waals surface area (Å²) >= 11 is 6.12. The number of nitrogens with zero attached hydrogens (tertiary/aromatic N) is 1.